The first kappa shape index (κ1) is 32.1. The van der Waals surface area contributed by atoms with Crippen molar-refractivity contribution in [3.05, 3.63) is 77.4 Å². The number of rotatable bonds is 9. The van der Waals surface area contributed by atoms with Crippen LogP contribution in [0.2, 0.25) is 0 Å². The molecular weight excluding hydrogens is 606 g/mol. The third-order valence-electron chi connectivity index (χ3n) is 8.95. The second kappa shape index (κ2) is 13.9. The molecule has 0 atom stereocenters. The number of amides is 2. The predicted octanol–water partition coefficient (Wildman–Crippen LogP) is 4.82. The number of nitrogens with zero attached hydrogens (tertiary/aromatic N) is 5. The summed E-state index contributed by atoms with van der Waals surface area (Å²) in [5.41, 5.74) is 4.18. The zero-order valence-electron chi connectivity index (χ0n) is 26.6. The van der Waals surface area contributed by atoms with Gasteiger partial charge in [-0.25, -0.2) is 13.8 Å². The van der Waals surface area contributed by atoms with Gasteiger partial charge in [-0.15, -0.1) is 0 Å². The van der Waals surface area contributed by atoms with Crippen molar-refractivity contribution < 1.29 is 28.2 Å². The van der Waals surface area contributed by atoms with Gasteiger partial charge in [0.25, 0.3) is 5.91 Å². The topological polar surface area (TPSA) is 115 Å². The third kappa shape index (κ3) is 6.42. The van der Waals surface area contributed by atoms with Crippen LogP contribution in [0.15, 0.2) is 48.9 Å². The molecule has 47 heavy (non-hydrogen) atoms. The summed E-state index contributed by atoms with van der Waals surface area (Å²) in [7, 11) is 1.46. The van der Waals surface area contributed by atoms with Crippen LogP contribution in [0, 0.1) is 11.6 Å². The second-order valence-electron chi connectivity index (χ2n) is 11.8. The van der Waals surface area contributed by atoms with Gasteiger partial charge in [0.15, 0.2) is 17.4 Å². The fourth-order valence-electron chi connectivity index (χ4n) is 6.44. The molecule has 6 rings (SSSR count). The third-order valence-corrected chi connectivity index (χ3v) is 8.95. The fourth-order valence-corrected chi connectivity index (χ4v) is 6.44. The molecule has 0 aliphatic carbocycles. The highest BCUT2D eigenvalue weighted by Crippen LogP contribution is 2.38. The van der Waals surface area contributed by atoms with Crippen LogP contribution >= 0.6 is 0 Å². The summed E-state index contributed by atoms with van der Waals surface area (Å²) in [6.45, 7) is 4.45. The Labute approximate surface area is 271 Å². The van der Waals surface area contributed by atoms with Gasteiger partial charge in [0.05, 0.1) is 18.8 Å². The molecule has 0 saturated carbocycles. The van der Waals surface area contributed by atoms with Gasteiger partial charge in [-0.1, -0.05) is 13.0 Å². The molecule has 1 fully saturated rings. The Morgan fingerprint density at radius 2 is 1.83 bits per heavy atom. The molecule has 246 valence electrons. The van der Waals surface area contributed by atoms with E-state index in [2.05, 4.69) is 15.0 Å². The molecule has 12 heteroatoms. The first-order valence-electron chi connectivity index (χ1n) is 15.9. The van der Waals surface area contributed by atoms with E-state index >= 15 is 4.39 Å². The number of benzene rings is 1. The van der Waals surface area contributed by atoms with Gasteiger partial charge in [0.1, 0.15) is 11.5 Å². The van der Waals surface area contributed by atoms with Gasteiger partial charge in [-0.2, -0.15) is 0 Å². The van der Waals surface area contributed by atoms with Gasteiger partial charge in [-0.3, -0.25) is 14.6 Å². The van der Waals surface area contributed by atoms with Crippen LogP contribution < -0.4 is 9.64 Å². The zero-order chi connectivity index (χ0) is 33.1. The summed E-state index contributed by atoms with van der Waals surface area (Å²) < 4.78 is 35.5. The molecule has 0 spiro atoms. The minimum absolute atomic E-state index is 0.0639. The SMILES string of the molecule is CCc1ccncc1-c1cc(C2=CCCN(C(=O)CCCO)C2)c(F)c2[nH]c(C(=O)N3CCN(c4ncc(F)cc4OC)CC3)cc12. The van der Waals surface area contributed by atoms with E-state index in [1.165, 1.54) is 13.2 Å². The van der Waals surface area contributed by atoms with Crippen molar-refractivity contribution >= 4 is 34.1 Å². The number of aromatic amines is 1. The molecular formula is C35H38F2N6O4. The Morgan fingerprint density at radius 3 is 2.57 bits per heavy atom. The minimum atomic E-state index is -0.492. The number of carbonyl (C=O) groups is 2. The zero-order valence-corrected chi connectivity index (χ0v) is 26.6. The van der Waals surface area contributed by atoms with E-state index in [4.69, 9.17) is 4.74 Å². The number of aliphatic hydroxyl groups is 1. The monoisotopic (exact) mass is 644 g/mol. The molecule has 0 radical (unpaired) electrons. The largest absolute Gasteiger partial charge is 0.493 e. The van der Waals surface area contributed by atoms with E-state index in [0.29, 0.717) is 73.7 Å². The lowest BCUT2D eigenvalue weighted by atomic mass is 9.91. The molecule has 0 bridgehead atoms. The molecule has 5 heterocycles. The highest BCUT2D eigenvalue weighted by atomic mass is 19.1. The van der Waals surface area contributed by atoms with Crippen LogP contribution in [0.5, 0.6) is 5.75 Å². The summed E-state index contributed by atoms with van der Waals surface area (Å²) in [5, 5.41) is 9.76. The van der Waals surface area contributed by atoms with Crippen molar-refractivity contribution in [1.82, 2.24) is 24.8 Å². The molecule has 10 nitrogen and oxygen atoms in total. The molecule has 2 amide bonds. The Bertz CT molecular complexity index is 1830. The Balaban J connectivity index is 1.33. The number of pyridine rings is 2. The van der Waals surface area contributed by atoms with Crippen molar-refractivity contribution in [2.24, 2.45) is 0 Å². The average molecular weight is 645 g/mol. The van der Waals surface area contributed by atoms with Crippen molar-refractivity contribution in [3.63, 3.8) is 0 Å². The smallest absolute Gasteiger partial charge is 0.270 e. The van der Waals surface area contributed by atoms with Crippen molar-refractivity contribution in [3.8, 4) is 16.9 Å². The normalized spacial score (nSPS) is 15.3. The van der Waals surface area contributed by atoms with Gasteiger partial charge >= 0.3 is 0 Å². The van der Waals surface area contributed by atoms with Crippen molar-refractivity contribution in [2.75, 3.05) is 57.9 Å². The number of hydrogen-bond donors (Lipinski definition) is 2. The summed E-state index contributed by atoms with van der Waals surface area (Å²) in [5.74, 6) is -0.472. The summed E-state index contributed by atoms with van der Waals surface area (Å²) >= 11 is 0. The van der Waals surface area contributed by atoms with E-state index in [1.54, 1.807) is 28.3 Å². The highest BCUT2D eigenvalue weighted by Gasteiger charge is 2.28. The molecule has 3 aromatic heterocycles. The maximum Gasteiger partial charge on any atom is 0.270 e. The standard InChI is InChI=1S/C35H38F2N6O4/c1-3-22-8-9-38-20-28(22)26-17-25(23-6-4-10-43(21-23)31(45)7-5-15-44)32(37)33-27(26)18-29(40-33)35(46)42-13-11-41(12-14-42)34-30(47-2)16-24(36)19-39-34/h6,8-9,16-20,40,44H,3-5,7,10-15,21H2,1-2H3. The number of nitrogens with one attached hydrogen (secondary N) is 1. The number of aryl methyl sites for hydroxylation is 1. The lowest BCUT2D eigenvalue weighted by Gasteiger charge is -2.35. The molecule has 2 N–H and O–H groups in total. The number of H-pyrrole nitrogens is 1. The van der Waals surface area contributed by atoms with E-state index in [1.807, 2.05) is 30.0 Å². The van der Waals surface area contributed by atoms with Crippen molar-refractivity contribution in [2.45, 2.75) is 32.6 Å². The van der Waals surface area contributed by atoms with E-state index < -0.39 is 11.6 Å². The number of aliphatic hydroxyl groups excluding tert-OH is 1. The van der Waals surface area contributed by atoms with Gasteiger partial charge in [0.2, 0.25) is 5.91 Å². The first-order chi connectivity index (χ1) is 22.8. The van der Waals surface area contributed by atoms with Crippen LogP contribution in [0.1, 0.15) is 47.8 Å². The quantitative estimate of drug-likeness (QED) is 0.269. The van der Waals surface area contributed by atoms with Crippen LogP contribution in [0.25, 0.3) is 27.6 Å². The van der Waals surface area contributed by atoms with Crippen LogP contribution in [0.3, 0.4) is 0 Å². The maximum atomic E-state index is 16.5. The lowest BCUT2D eigenvalue weighted by Crippen LogP contribution is -2.49. The van der Waals surface area contributed by atoms with Crippen molar-refractivity contribution in [1.29, 1.82) is 0 Å². The Kier molecular flexibility index (Phi) is 9.48. The summed E-state index contributed by atoms with van der Waals surface area (Å²) in [6, 6.07) is 6.75. The van der Waals surface area contributed by atoms with Crippen LogP contribution in [-0.2, 0) is 11.2 Å². The summed E-state index contributed by atoms with van der Waals surface area (Å²) in [4.78, 5) is 43.6. The van der Waals surface area contributed by atoms with E-state index in [9.17, 15) is 19.1 Å². The molecule has 0 unspecified atom stereocenters. The molecule has 1 aromatic carbocycles. The number of halogens is 2. The average Bonchev–Trinajstić information content (AvgIpc) is 3.57. The minimum Gasteiger partial charge on any atom is -0.493 e. The number of fused-ring (bicyclic) bond motifs is 1. The van der Waals surface area contributed by atoms with E-state index in [-0.39, 0.29) is 42.6 Å². The predicted molar refractivity (Wildman–Crippen MR) is 175 cm³/mol. The Morgan fingerprint density at radius 1 is 1.02 bits per heavy atom. The molecule has 4 aromatic rings. The van der Waals surface area contributed by atoms with Crippen LogP contribution in [-0.4, -0.2) is 94.7 Å². The molecule has 1 saturated heterocycles. The first-order valence-corrected chi connectivity index (χ1v) is 15.9. The van der Waals surface area contributed by atoms with Crippen LogP contribution in [0.4, 0.5) is 14.6 Å². The number of carbonyl (C=O) groups excluding carboxylic acids is 2. The number of aromatic nitrogens is 3. The number of hydrogen-bond acceptors (Lipinski definition) is 7. The molecule has 2 aliphatic rings. The number of piperazine rings is 1. The Hall–Kier alpha value is -4.84. The highest BCUT2D eigenvalue weighted by molar-refractivity contribution is 6.05. The van der Waals surface area contributed by atoms with Gasteiger partial charge in [0, 0.05) is 87.3 Å². The second-order valence-corrected chi connectivity index (χ2v) is 11.8. The lowest BCUT2D eigenvalue weighted by molar-refractivity contribution is -0.131. The number of ether oxygens (including phenoxy) is 1. The van der Waals surface area contributed by atoms with Gasteiger partial charge in [-0.05, 0) is 54.2 Å². The number of anilines is 1. The van der Waals surface area contributed by atoms with E-state index in [0.717, 1.165) is 29.3 Å². The summed E-state index contributed by atoms with van der Waals surface area (Å²) in [6.07, 6.45) is 8.53. The fraction of sp³-hybridized carbons (Fsp3) is 0.371. The van der Waals surface area contributed by atoms with Gasteiger partial charge < -0.3 is 29.5 Å². The maximum absolute atomic E-state index is 16.5. The molecule has 2 aliphatic heterocycles. The number of methoxy groups -OCH3 is 1.